The van der Waals surface area contributed by atoms with Gasteiger partial charge in [-0.05, 0) is 54.8 Å². The van der Waals surface area contributed by atoms with E-state index in [1.165, 1.54) is 0 Å². The Morgan fingerprint density at radius 2 is 1.75 bits per heavy atom. The van der Waals surface area contributed by atoms with Crippen LogP contribution in [0, 0.1) is 0 Å². The highest BCUT2D eigenvalue weighted by Gasteiger charge is 2.23. The van der Waals surface area contributed by atoms with E-state index in [-0.39, 0.29) is 17.9 Å². The summed E-state index contributed by atoms with van der Waals surface area (Å²) in [6.07, 6.45) is 2.08. The third kappa shape index (κ3) is 4.12. The van der Waals surface area contributed by atoms with Gasteiger partial charge >= 0.3 is 0 Å². The lowest BCUT2D eigenvalue weighted by Crippen LogP contribution is -2.31. The number of anilines is 1. The van der Waals surface area contributed by atoms with Gasteiger partial charge in [-0.3, -0.25) is 9.59 Å². The van der Waals surface area contributed by atoms with Gasteiger partial charge in [0.1, 0.15) is 5.82 Å². The highest BCUT2D eigenvalue weighted by atomic mass is 16.2. The normalized spacial score (nSPS) is 14.6. The number of rotatable bonds is 6. The van der Waals surface area contributed by atoms with Gasteiger partial charge in [0, 0.05) is 24.2 Å². The van der Waals surface area contributed by atoms with E-state index in [2.05, 4.69) is 10.3 Å². The van der Waals surface area contributed by atoms with Crippen LogP contribution in [0.2, 0.25) is 0 Å². The number of para-hydroxylation sites is 2. The zero-order valence-electron chi connectivity index (χ0n) is 17.6. The van der Waals surface area contributed by atoms with Crippen molar-refractivity contribution >= 4 is 28.5 Å². The van der Waals surface area contributed by atoms with E-state index in [0.717, 1.165) is 41.1 Å². The van der Waals surface area contributed by atoms with Crippen LogP contribution in [0.25, 0.3) is 11.0 Å². The molecule has 0 saturated carbocycles. The van der Waals surface area contributed by atoms with Crippen LogP contribution >= 0.6 is 0 Å². The fourth-order valence-corrected chi connectivity index (χ4v) is 4.16. The van der Waals surface area contributed by atoms with E-state index in [0.29, 0.717) is 18.4 Å². The molecule has 1 aliphatic heterocycles. The maximum Gasteiger partial charge on any atom is 0.251 e. The van der Waals surface area contributed by atoms with Crippen LogP contribution in [0.3, 0.4) is 0 Å². The summed E-state index contributed by atoms with van der Waals surface area (Å²) < 4.78 is 0. The zero-order valence-corrected chi connectivity index (χ0v) is 17.6. The van der Waals surface area contributed by atoms with Crippen LogP contribution in [-0.2, 0) is 11.2 Å². The molecule has 32 heavy (non-hydrogen) atoms. The summed E-state index contributed by atoms with van der Waals surface area (Å²) in [5.74, 6) is 0.684. The van der Waals surface area contributed by atoms with E-state index in [1.54, 1.807) is 17.0 Å². The Kier molecular flexibility index (Phi) is 5.42. The van der Waals surface area contributed by atoms with Crippen molar-refractivity contribution in [1.29, 1.82) is 0 Å². The van der Waals surface area contributed by atoms with Gasteiger partial charge in [-0.15, -0.1) is 0 Å². The third-order valence-corrected chi connectivity index (χ3v) is 5.84. The molecule has 1 saturated heterocycles. The minimum Gasteiger partial charge on any atom is -0.342 e. The Balaban J connectivity index is 1.39. The molecule has 0 spiro atoms. The van der Waals surface area contributed by atoms with Crippen molar-refractivity contribution in [2.45, 2.75) is 25.3 Å². The largest absolute Gasteiger partial charge is 0.342 e. The highest BCUT2D eigenvalue weighted by molar-refractivity contribution is 5.97. The fourth-order valence-electron chi connectivity index (χ4n) is 4.16. The Bertz CT molecular complexity index is 1210. The molecule has 6 nitrogen and oxygen atoms in total. The van der Waals surface area contributed by atoms with Crippen LogP contribution in [0.4, 0.5) is 5.69 Å². The number of aromatic nitrogens is 2. The lowest BCUT2D eigenvalue weighted by molar-refractivity contribution is -0.117. The van der Waals surface area contributed by atoms with Gasteiger partial charge in [-0.1, -0.05) is 42.5 Å². The van der Waals surface area contributed by atoms with E-state index < -0.39 is 0 Å². The van der Waals surface area contributed by atoms with Crippen molar-refractivity contribution in [1.82, 2.24) is 15.3 Å². The molecular weight excluding hydrogens is 400 g/mol. The minimum absolute atomic E-state index is 0.134. The summed E-state index contributed by atoms with van der Waals surface area (Å²) >= 11 is 0. The number of carbonyl (C=O) groups excluding carboxylic acids is 2. The molecule has 1 fully saturated rings. The number of fused-ring (bicyclic) bond motifs is 1. The van der Waals surface area contributed by atoms with Crippen molar-refractivity contribution in [3.05, 3.63) is 95.8 Å². The van der Waals surface area contributed by atoms with E-state index in [9.17, 15) is 9.59 Å². The van der Waals surface area contributed by atoms with Gasteiger partial charge < -0.3 is 15.2 Å². The Labute approximate surface area is 186 Å². The second-order valence-electron chi connectivity index (χ2n) is 8.05. The van der Waals surface area contributed by atoms with Gasteiger partial charge in [0.2, 0.25) is 5.91 Å². The molecule has 0 aliphatic carbocycles. The van der Waals surface area contributed by atoms with Gasteiger partial charge in [0.05, 0.1) is 17.1 Å². The Morgan fingerprint density at radius 3 is 2.47 bits per heavy atom. The minimum atomic E-state index is -0.308. The van der Waals surface area contributed by atoms with Crippen molar-refractivity contribution in [3.8, 4) is 0 Å². The molecule has 2 heterocycles. The SMILES string of the molecule is O=C(N[C@@H](Cc1ccccc1)c1nc2ccccc2[nH]1)c1ccc(N2CCCC2=O)cc1. The van der Waals surface area contributed by atoms with Gasteiger partial charge in [-0.25, -0.2) is 4.98 Å². The summed E-state index contributed by atoms with van der Waals surface area (Å²) in [5, 5.41) is 3.14. The first kappa shape index (κ1) is 20.0. The predicted octanol–water partition coefficient (Wildman–Crippen LogP) is 4.40. The van der Waals surface area contributed by atoms with E-state index in [4.69, 9.17) is 4.98 Å². The van der Waals surface area contributed by atoms with Crippen LogP contribution in [0.15, 0.2) is 78.9 Å². The molecule has 1 aliphatic rings. The first-order chi connectivity index (χ1) is 15.7. The number of aromatic amines is 1. The molecule has 1 aromatic heterocycles. The number of nitrogens with zero attached hydrogens (tertiary/aromatic N) is 2. The molecule has 4 aromatic rings. The number of carbonyl (C=O) groups is 2. The van der Waals surface area contributed by atoms with Crippen molar-refractivity contribution < 1.29 is 9.59 Å². The smallest absolute Gasteiger partial charge is 0.251 e. The molecule has 0 radical (unpaired) electrons. The standard InChI is InChI=1S/C26H24N4O2/c31-24-11-6-16-30(24)20-14-12-19(13-15-20)26(32)29-23(17-18-7-2-1-3-8-18)25-27-21-9-4-5-10-22(21)28-25/h1-5,7-10,12-15,23H,6,11,16-17H2,(H,27,28)(H,29,32)/t23-/m0/s1. The number of hydrogen-bond acceptors (Lipinski definition) is 3. The van der Waals surface area contributed by atoms with Crippen molar-refractivity contribution in [3.63, 3.8) is 0 Å². The van der Waals surface area contributed by atoms with Crippen molar-refractivity contribution in [2.24, 2.45) is 0 Å². The van der Waals surface area contributed by atoms with E-state index in [1.807, 2.05) is 66.7 Å². The lowest BCUT2D eigenvalue weighted by atomic mass is 10.0. The summed E-state index contributed by atoms with van der Waals surface area (Å²) in [6.45, 7) is 0.732. The first-order valence-corrected chi connectivity index (χ1v) is 10.9. The number of H-pyrrole nitrogens is 1. The summed E-state index contributed by atoms with van der Waals surface area (Å²) in [5.41, 5.74) is 4.31. The number of nitrogens with one attached hydrogen (secondary N) is 2. The predicted molar refractivity (Wildman–Crippen MR) is 124 cm³/mol. The first-order valence-electron chi connectivity index (χ1n) is 10.9. The second kappa shape index (κ2) is 8.67. The summed E-state index contributed by atoms with van der Waals surface area (Å²) in [7, 11) is 0. The topological polar surface area (TPSA) is 78.1 Å². The zero-order chi connectivity index (χ0) is 21.9. The maximum atomic E-state index is 13.1. The highest BCUT2D eigenvalue weighted by Crippen LogP contribution is 2.23. The molecule has 3 aromatic carbocycles. The molecule has 0 bridgehead atoms. The monoisotopic (exact) mass is 424 g/mol. The Morgan fingerprint density at radius 1 is 1.00 bits per heavy atom. The lowest BCUT2D eigenvalue weighted by Gasteiger charge is -2.18. The molecule has 2 amide bonds. The van der Waals surface area contributed by atoms with Crippen LogP contribution in [0.1, 0.15) is 40.6 Å². The van der Waals surface area contributed by atoms with E-state index >= 15 is 0 Å². The number of hydrogen-bond donors (Lipinski definition) is 2. The number of benzene rings is 3. The van der Waals surface area contributed by atoms with Crippen molar-refractivity contribution in [2.75, 3.05) is 11.4 Å². The fraction of sp³-hybridized carbons (Fsp3) is 0.192. The molecule has 1 atom stereocenters. The average Bonchev–Trinajstić information content (AvgIpc) is 3.45. The van der Waals surface area contributed by atoms with Crippen LogP contribution in [-0.4, -0.2) is 28.3 Å². The van der Waals surface area contributed by atoms with Gasteiger partial charge in [-0.2, -0.15) is 0 Å². The average molecular weight is 425 g/mol. The summed E-state index contributed by atoms with van der Waals surface area (Å²) in [6, 6.07) is 24.8. The second-order valence-corrected chi connectivity index (χ2v) is 8.05. The molecule has 160 valence electrons. The van der Waals surface area contributed by atoms with Crippen LogP contribution < -0.4 is 10.2 Å². The molecule has 2 N–H and O–H groups in total. The molecule has 0 unspecified atom stereocenters. The molecule has 6 heteroatoms. The van der Waals surface area contributed by atoms with Crippen LogP contribution in [0.5, 0.6) is 0 Å². The quantitative estimate of drug-likeness (QED) is 0.481. The third-order valence-electron chi connectivity index (χ3n) is 5.84. The number of imidazole rings is 1. The molecule has 5 rings (SSSR count). The summed E-state index contributed by atoms with van der Waals surface area (Å²) in [4.78, 5) is 34.9. The molecular formula is C26H24N4O2. The Hall–Kier alpha value is -3.93. The van der Waals surface area contributed by atoms with Gasteiger partial charge in [0.15, 0.2) is 0 Å². The number of amides is 2. The maximum absolute atomic E-state index is 13.1. The van der Waals surface area contributed by atoms with Gasteiger partial charge in [0.25, 0.3) is 5.91 Å².